The van der Waals surface area contributed by atoms with E-state index in [1.54, 1.807) is 0 Å². The monoisotopic (exact) mass is 220 g/mol. The second-order valence-electron chi connectivity index (χ2n) is 4.48. The van der Waals surface area contributed by atoms with E-state index in [1.807, 2.05) is 19.3 Å². The summed E-state index contributed by atoms with van der Waals surface area (Å²) in [6.45, 7) is 10.8. The zero-order chi connectivity index (χ0) is 11.5. The lowest BCUT2D eigenvalue weighted by molar-refractivity contribution is 0.198. The van der Waals surface area contributed by atoms with E-state index in [0.29, 0.717) is 6.04 Å². The maximum Gasteiger partial charge on any atom is 0.225 e. The van der Waals surface area contributed by atoms with Gasteiger partial charge in [0.1, 0.15) is 0 Å². The fourth-order valence-corrected chi connectivity index (χ4v) is 2.20. The molecule has 1 saturated heterocycles. The predicted octanol–water partition coefficient (Wildman–Crippen LogP) is 1.32. The van der Waals surface area contributed by atoms with Crippen LogP contribution in [0.2, 0.25) is 0 Å². The summed E-state index contributed by atoms with van der Waals surface area (Å²) in [6.07, 6.45) is 3.78. The summed E-state index contributed by atoms with van der Waals surface area (Å²) in [5, 5.41) is 0. The Kier molecular flexibility index (Phi) is 3.39. The van der Waals surface area contributed by atoms with E-state index in [-0.39, 0.29) is 0 Å². The third-order valence-corrected chi connectivity index (χ3v) is 3.22. The molecule has 2 heterocycles. The van der Waals surface area contributed by atoms with E-state index in [2.05, 4.69) is 33.6 Å². The number of nitrogens with zero attached hydrogens (tertiary/aromatic N) is 4. The van der Waals surface area contributed by atoms with Gasteiger partial charge in [0.05, 0.1) is 0 Å². The van der Waals surface area contributed by atoms with Crippen LogP contribution in [0.15, 0.2) is 12.4 Å². The number of anilines is 1. The summed E-state index contributed by atoms with van der Waals surface area (Å²) in [5.41, 5.74) is 1.11. The minimum Gasteiger partial charge on any atom is -0.338 e. The summed E-state index contributed by atoms with van der Waals surface area (Å²) in [4.78, 5) is 13.5. The first-order valence-corrected chi connectivity index (χ1v) is 5.98. The van der Waals surface area contributed by atoms with Gasteiger partial charge >= 0.3 is 0 Å². The second kappa shape index (κ2) is 4.78. The van der Waals surface area contributed by atoms with Gasteiger partial charge in [0.25, 0.3) is 0 Å². The molecule has 1 fully saturated rings. The van der Waals surface area contributed by atoms with Gasteiger partial charge in [-0.3, -0.25) is 4.90 Å². The van der Waals surface area contributed by atoms with E-state index in [1.165, 1.54) is 0 Å². The van der Waals surface area contributed by atoms with Crippen LogP contribution in [0, 0.1) is 6.92 Å². The van der Waals surface area contributed by atoms with E-state index in [4.69, 9.17) is 0 Å². The summed E-state index contributed by atoms with van der Waals surface area (Å²) in [7, 11) is 0. The topological polar surface area (TPSA) is 32.3 Å². The van der Waals surface area contributed by atoms with Gasteiger partial charge in [-0.2, -0.15) is 0 Å². The molecule has 1 unspecified atom stereocenters. The molecule has 0 saturated carbocycles. The Labute approximate surface area is 97.3 Å². The third kappa shape index (κ3) is 2.32. The molecule has 4 nitrogen and oxygen atoms in total. The van der Waals surface area contributed by atoms with E-state index in [9.17, 15) is 0 Å². The van der Waals surface area contributed by atoms with Crippen molar-refractivity contribution < 1.29 is 0 Å². The molecule has 0 N–H and O–H groups in total. The Morgan fingerprint density at radius 2 is 2.00 bits per heavy atom. The molecule has 88 valence electrons. The molecule has 2 rings (SSSR count). The maximum atomic E-state index is 4.38. The summed E-state index contributed by atoms with van der Waals surface area (Å²) < 4.78 is 0. The van der Waals surface area contributed by atoms with Crippen molar-refractivity contribution >= 4 is 5.95 Å². The summed E-state index contributed by atoms with van der Waals surface area (Å²) in [6, 6.07) is 0.587. The first-order valence-electron chi connectivity index (χ1n) is 5.98. The molecule has 0 bridgehead atoms. The largest absolute Gasteiger partial charge is 0.338 e. The number of hydrogen-bond acceptors (Lipinski definition) is 4. The highest BCUT2D eigenvalue weighted by atomic mass is 15.3. The highest BCUT2D eigenvalue weighted by Gasteiger charge is 2.23. The zero-order valence-electron chi connectivity index (χ0n) is 10.3. The molecule has 16 heavy (non-hydrogen) atoms. The van der Waals surface area contributed by atoms with Crippen LogP contribution in [0.1, 0.15) is 19.4 Å². The molecular formula is C12H20N4. The van der Waals surface area contributed by atoms with Crippen LogP contribution in [-0.2, 0) is 0 Å². The minimum absolute atomic E-state index is 0.587. The lowest BCUT2D eigenvalue weighted by Crippen LogP contribution is -2.52. The molecule has 0 radical (unpaired) electrons. The average molecular weight is 220 g/mol. The van der Waals surface area contributed by atoms with Gasteiger partial charge < -0.3 is 4.90 Å². The van der Waals surface area contributed by atoms with Gasteiger partial charge in [0, 0.05) is 38.1 Å². The highest BCUT2D eigenvalue weighted by Crippen LogP contribution is 2.14. The molecule has 0 aliphatic carbocycles. The van der Waals surface area contributed by atoms with Crippen molar-refractivity contribution in [2.75, 3.05) is 31.1 Å². The number of aromatic nitrogens is 2. The molecular weight excluding hydrogens is 200 g/mol. The molecule has 0 amide bonds. The van der Waals surface area contributed by atoms with Crippen LogP contribution < -0.4 is 4.90 Å². The molecule has 1 aliphatic rings. The normalized spacial score (nSPS) is 22.4. The Bertz CT molecular complexity index is 335. The SMILES string of the molecule is CCN1CCN(c2ncc(C)cn2)CC1C. The maximum absolute atomic E-state index is 4.38. The smallest absolute Gasteiger partial charge is 0.225 e. The van der Waals surface area contributed by atoms with Crippen molar-refractivity contribution in [1.82, 2.24) is 14.9 Å². The fourth-order valence-electron chi connectivity index (χ4n) is 2.20. The number of hydrogen-bond donors (Lipinski definition) is 0. The Hall–Kier alpha value is -1.16. The third-order valence-electron chi connectivity index (χ3n) is 3.22. The van der Waals surface area contributed by atoms with Crippen molar-refractivity contribution in [2.24, 2.45) is 0 Å². The van der Waals surface area contributed by atoms with E-state index < -0.39 is 0 Å². The van der Waals surface area contributed by atoms with Gasteiger partial charge in [-0.25, -0.2) is 9.97 Å². The van der Waals surface area contributed by atoms with Gasteiger partial charge in [-0.05, 0) is 26.0 Å². The summed E-state index contributed by atoms with van der Waals surface area (Å²) in [5.74, 6) is 0.869. The molecule has 1 aromatic rings. The van der Waals surface area contributed by atoms with Crippen LogP contribution in [-0.4, -0.2) is 47.1 Å². The Morgan fingerprint density at radius 3 is 2.56 bits per heavy atom. The zero-order valence-corrected chi connectivity index (χ0v) is 10.3. The highest BCUT2D eigenvalue weighted by molar-refractivity contribution is 5.31. The Balaban J connectivity index is 2.04. The van der Waals surface area contributed by atoms with Crippen molar-refractivity contribution in [2.45, 2.75) is 26.8 Å². The molecule has 1 atom stereocenters. The van der Waals surface area contributed by atoms with Gasteiger partial charge in [0.15, 0.2) is 0 Å². The molecule has 4 heteroatoms. The van der Waals surface area contributed by atoms with Gasteiger partial charge in [-0.15, -0.1) is 0 Å². The molecule has 0 spiro atoms. The van der Waals surface area contributed by atoms with Gasteiger partial charge in [-0.1, -0.05) is 6.92 Å². The summed E-state index contributed by atoms with van der Waals surface area (Å²) >= 11 is 0. The number of aryl methyl sites for hydroxylation is 1. The lowest BCUT2D eigenvalue weighted by atomic mass is 10.2. The average Bonchev–Trinajstić information content (AvgIpc) is 2.30. The van der Waals surface area contributed by atoms with Crippen LogP contribution in [0.5, 0.6) is 0 Å². The van der Waals surface area contributed by atoms with E-state index >= 15 is 0 Å². The first kappa shape index (κ1) is 11.3. The molecule has 0 aromatic carbocycles. The Morgan fingerprint density at radius 1 is 1.31 bits per heavy atom. The number of piperazine rings is 1. The van der Waals surface area contributed by atoms with Crippen LogP contribution >= 0.6 is 0 Å². The van der Waals surface area contributed by atoms with Crippen molar-refractivity contribution in [1.29, 1.82) is 0 Å². The lowest BCUT2D eigenvalue weighted by Gasteiger charge is -2.39. The minimum atomic E-state index is 0.587. The van der Waals surface area contributed by atoms with Crippen LogP contribution in [0.25, 0.3) is 0 Å². The number of likely N-dealkylation sites (N-methyl/N-ethyl adjacent to an activating group) is 1. The fraction of sp³-hybridized carbons (Fsp3) is 0.667. The van der Waals surface area contributed by atoms with Crippen molar-refractivity contribution in [3.8, 4) is 0 Å². The van der Waals surface area contributed by atoms with E-state index in [0.717, 1.165) is 37.7 Å². The second-order valence-corrected chi connectivity index (χ2v) is 4.48. The van der Waals surface area contributed by atoms with Gasteiger partial charge in [0.2, 0.25) is 5.95 Å². The number of rotatable bonds is 2. The quantitative estimate of drug-likeness (QED) is 0.752. The van der Waals surface area contributed by atoms with Crippen molar-refractivity contribution in [3.05, 3.63) is 18.0 Å². The van der Waals surface area contributed by atoms with Crippen molar-refractivity contribution in [3.63, 3.8) is 0 Å². The molecule has 1 aromatic heterocycles. The standard InChI is InChI=1S/C12H20N4/c1-4-15-5-6-16(9-11(15)3)12-13-7-10(2)8-14-12/h7-8,11H,4-6,9H2,1-3H3. The van der Waals surface area contributed by atoms with Crippen LogP contribution in [0.4, 0.5) is 5.95 Å². The van der Waals surface area contributed by atoms with Crippen LogP contribution in [0.3, 0.4) is 0 Å². The predicted molar refractivity (Wildman–Crippen MR) is 65.7 cm³/mol. The molecule has 1 aliphatic heterocycles. The first-order chi connectivity index (χ1) is 7.70.